The summed E-state index contributed by atoms with van der Waals surface area (Å²) in [6.45, 7) is 0. The molecule has 0 N–H and O–H groups in total. The Bertz CT molecular complexity index is 663. The van der Waals surface area contributed by atoms with Gasteiger partial charge >= 0.3 is 11.9 Å². The first kappa shape index (κ1) is 15.6. The first-order valence-corrected chi connectivity index (χ1v) is 7.82. The van der Waals surface area contributed by atoms with Gasteiger partial charge in [-0.05, 0) is 55.4 Å². The van der Waals surface area contributed by atoms with Crippen LogP contribution in [0.4, 0.5) is 0 Å². The van der Waals surface area contributed by atoms with Gasteiger partial charge in [-0.2, -0.15) is 0 Å². The van der Waals surface area contributed by atoms with E-state index < -0.39 is 18.0 Å². The molecule has 5 nitrogen and oxygen atoms in total. The van der Waals surface area contributed by atoms with Crippen LogP contribution in [0.25, 0.3) is 0 Å². The van der Waals surface area contributed by atoms with Gasteiger partial charge in [-0.3, -0.25) is 0 Å². The quantitative estimate of drug-likeness (QED) is 0.733. The van der Waals surface area contributed by atoms with Crippen molar-refractivity contribution in [3.8, 4) is 0 Å². The molecule has 2 bridgehead atoms. The van der Waals surface area contributed by atoms with E-state index in [1.165, 1.54) is 25.4 Å². The zero-order valence-electron chi connectivity index (χ0n) is 13.4. The van der Waals surface area contributed by atoms with Crippen LogP contribution in [0.3, 0.4) is 0 Å². The van der Waals surface area contributed by atoms with Crippen molar-refractivity contribution < 1.29 is 23.8 Å². The van der Waals surface area contributed by atoms with Crippen molar-refractivity contribution >= 4 is 11.9 Å². The van der Waals surface area contributed by atoms with Gasteiger partial charge in [0.25, 0.3) is 0 Å². The summed E-state index contributed by atoms with van der Waals surface area (Å²) in [7, 11) is 2.61. The fraction of sp³-hybridized carbons (Fsp3) is 0.444. The Morgan fingerprint density at radius 3 is 2.61 bits per heavy atom. The molecule has 3 aliphatic rings. The van der Waals surface area contributed by atoms with E-state index in [0.717, 1.165) is 31.4 Å². The minimum Gasteiger partial charge on any atom is -0.481 e. The number of rotatable bonds is 2. The molecule has 0 amide bonds. The van der Waals surface area contributed by atoms with E-state index in [4.69, 9.17) is 14.2 Å². The molecule has 2 heterocycles. The number of hydrogen-bond acceptors (Lipinski definition) is 5. The van der Waals surface area contributed by atoms with Crippen molar-refractivity contribution in [1.29, 1.82) is 0 Å². The van der Waals surface area contributed by atoms with E-state index in [0.29, 0.717) is 12.0 Å². The van der Waals surface area contributed by atoms with E-state index in [1.54, 1.807) is 6.08 Å². The second-order valence-electron chi connectivity index (χ2n) is 5.76. The fourth-order valence-electron chi connectivity index (χ4n) is 3.33. The Kier molecular flexibility index (Phi) is 4.37. The molecule has 2 aliphatic heterocycles. The predicted molar refractivity (Wildman–Crippen MR) is 83.3 cm³/mol. The number of hydrogen-bond donors (Lipinski definition) is 0. The third-order valence-electron chi connectivity index (χ3n) is 4.48. The van der Waals surface area contributed by atoms with Crippen molar-refractivity contribution in [3.05, 3.63) is 46.3 Å². The average Bonchev–Trinajstić information content (AvgIpc) is 3.08. The maximum absolute atomic E-state index is 12.2. The summed E-state index contributed by atoms with van der Waals surface area (Å²) in [6.07, 6.45) is 9.62. The van der Waals surface area contributed by atoms with Crippen LogP contribution < -0.4 is 0 Å². The SMILES string of the molecule is COC(=O)/C1=C(\C(=O)OC)C2C=C/C(=C3\CCCC\C3=C\C1)O2. The van der Waals surface area contributed by atoms with Crippen molar-refractivity contribution in [2.45, 2.75) is 38.2 Å². The van der Waals surface area contributed by atoms with E-state index in [-0.39, 0.29) is 5.57 Å². The number of allylic oxidation sites excluding steroid dienone is 4. The molecule has 5 heteroatoms. The molecule has 0 aromatic heterocycles. The smallest absolute Gasteiger partial charge is 0.338 e. The molecular formula is C18H20O5. The average molecular weight is 316 g/mol. The lowest BCUT2D eigenvalue weighted by Gasteiger charge is -2.20. The van der Waals surface area contributed by atoms with Crippen molar-refractivity contribution in [1.82, 2.24) is 0 Å². The maximum Gasteiger partial charge on any atom is 0.338 e. The highest BCUT2D eigenvalue weighted by Crippen LogP contribution is 2.38. The number of ether oxygens (including phenoxy) is 3. The Balaban J connectivity index is 2.13. The number of fused-ring (bicyclic) bond motifs is 3. The maximum atomic E-state index is 12.2. The highest BCUT2D eigenvalue weighted by atomic mass is 16.5. The summed E-state index contributed by atoms with van der Waals surface area (Å²) in [5.74, 6) is -0.282. The normalized spacial score (nSPS) is 31.7. The minimum absolute atomic E-state index is 0.224. The molecule has 0 spiro atoms. The largest absolute Gasteiger partial charge is 0.481 e. The van der Waals surface area contributed by atoms with Crippen molar-refractivity contribution in [2.24, 2.45) is 0 Å². The summed E-state index contributed by atoms with van der Waals surface area (Å²) >= 11 is 0. The molecular weight excluding hydrogens is 296 g/mol. The molecule has 1 unspecified atom stereocenters. The lowest BCUT2D eigenvalue weighted by molar-refractivity contribution is -0.140. The lowest BCUT2D eigenvalue weighted by atomic mass is 9.87. The molecule has 3 rings (SSSR count). The molecule has 122 valence electrons. The number of carbonyl (C=O) groups is 2. The van der Waals surface area contributed by atoms with Crippen LogP contribution in [-0.4, -0.2) is 32.3 Å². The standard InChI is InChI=1S/C18H20O5/c1-21-17(19)13-8-7-11-5-3-4-6-12(11)14-9-10-15(23-14)16(13)18(20)22-2/h7,9-10,15H,3-6,8H2,1-2H3/b11-7-,14-12-,16-13-. The fourth-order valence-corrected chi connectivity index (χ4v) is 3.33. The van der Waals surface area contributed by atoms with Crippen molar-refractivity contribution in [2.75, 3.05) is 14.2 Å². The highest BCUT2D eigenvalue weighted by molar-refractivity contribution is 6.01. The molecule has 1 atom stereocenters. The van der Waals surface area contributed by atoms with E-state index in [1.807, 2.05) is 12.2 Å². The summed E-state index contributed by atoms with van der Waals surface area (Å²) < 4.78 is 15.7. The highest BCUT2D eigenvalue weighted by Gasteiger charge is 2.34. The van der Waals surface area contributed by atoms with Gasteiger partial charge < -0.3 is 14.2 Å². The van der Waals surface area contributed by atoms with Crippen LogP contribution >= 0.6 is 0 Å². The molecule has 1 fully saturated rings. The number of carbonyl (C=O) groups excluding carboxylic acids is 2. The van der Waals surface area contributed by atoms with E-state index in [2.05, 4.69) is 0 Å². The van der Waals surface area contributed by atoms with Crippen LogP contribution in [0.15, 0.2) is 46.3 Å². The summed E-state index contributed by atoms with van der Waals surface area (Å²) in [5, 5.41) is 0. The van der Waals surface area contributed by atoms with E-state index in [9.17, 15) is 9.59 Å². The van der Waals surface area contributed by atoms with Crippen LogP contribution in [0.1, 0.15) is 32.1 Å². The zero-order valence-corrected chi connectivity index (χ0v) is 13.4. The van der Waals surface area contributed by atoms with Gasteiger partial charge in [-0.15, -0.1) is 0 Å². The Labute approximate surface area is 135 Å². The van der Waals surface area contributed by atoms with Gasteiger partial charge in [0.05, 0.1) is 25.4 Å². The second-order valence-corrected chi connectivity index (χ2v) is 5.76. The van der Waals surface area contributed by atoms with Crippen LogP contribution in [0, 0.1) is 0 Å². The molecule has 0 aromatic rings. The summed E-state index contributed by atoms with van der Waals surface area (Å²) in [4.78, 5) is 24.4. The van der Waals surface area contributed by atoms with E-state index >= 15 is 0 Å². The van der Waals surface area contributed by atoms with Crippen molar-refractivity contribution in [3.63, 3.8) is 0 Å². The van der Waals surface area contributed by atoms with Gasteiger partial charge in [-0.25, -0.2) is 9.59 Å². The van der Waals surface area contributed by atoms with Gasteiger partial charge in [0.2, 0.25) is 0 Å². The van der Waals surface area contributed by atoms with Gasteiger partial charge in [0.15, 0.2) is 0 Å². The molecule has 23 heavy (non-hydrogen) atoms. The second kappa shape index (κ2) is 6.44. The van der Waals surface area contributed by atoms with Crippen LogP contribution in [0.2, 0.25) is 0 Å². The topological polar surface area (TPSA) is 61.8 Å². The first-order valence-electron chi connectivity index (χ1n) is 7.82. The molecule has 0 radical (unpaired) electrons. The van der Waals surface area contributed by atoms with Gasteiger partial charge in [0, 0.05) is 0 Å². The molecule has 1 saturated carbocycles. The third kappa shape index (κ3) is 2.83. The number of esters is 2. The molecule has 1 aliphatic carbocycles. The number of methoxy groups -OCH3 is 2. The minimum atomic E-state index is -0.603. The Morgan fingerprint density at radius 2 is 1.87 bits per heavy atom. The lowest BCUT2D eigenvalue weighted by Crippen LogP contribution is -2.23. The van der Waals surface area contributed by atoms with Crippen LogP contribution in [-0.2, 0) is 23.8 Å². The zero-order chi connectivity index (χ0) is 16.4. The summed E-state index contributed by atoms with van der Waals surface area (Å²) in [6, 6.07) is 0. The summed E-state index contributed by atoms with van der Waals surface area (Å²) in [5.41, 5.74) is 2.91. The first-order chi connectivity index (χ1) is 11.2. The predicted octanol–water partition coefficient (Wildman–Crippen LogP) is 2.74. The molecule has 0 saturated heterocycles. The Morgan fingerprint density at radius 1 is 1.13 bits per heavy atom. The van der Waals surface area contributed by atoms with Gasteiger partial charge in [-0.1, -0.05) is 6.08 Å². The van der Waals surface area contributed by atoms with Crippen LogP contribution in [0.5, 0.6) is 0 Å². The Hall–Kier alpha value is -2.30. The van der Waals surface area contributed by atoms with Gasteiger partial charge in [0.1, 0.15) is 11.9 Å². The molecule has 0 aromatic carbocycles. The third-order valence-corrected chi connectivity index (χ3v) is 4.48. The monoisotopic (exact) mass is 316 g/mol.